The van der Waals surface area contributed by atoms with Crippen LogP contribution in [0.15, 0.2) is 23.3 Å². The molecule has 122 valence electrons. The molecule has 4 aliphatic carbocycles. The maximum Gasteiger partial charge on any atom is 0.0759 e. The van der Waals surface area contributed by atoms with Crippen LogP contribution in [0.3, 0.4) is 0 Å². The first kappa shape index (κ1) is 14.9. The first-order chi connectivity index (χ1) is 10.4. The molecule has 0 spiro atoms. The zero-order valence-electron chi connectivity index (χ0n) is 13.8. The van der Waals surface area contributed by atoms with E-state index in [9.17, 15) is 10.2 Å². The first-order valence-corrected chi connectivity index (χ1v) is 8.91. The number of fused-ring (bicyclic) bond motifs is 4. The number of aliphatic hydroxyl groups is 2. The van der Waals surface area contributed by atoms with Crippen LogP contribution in [-0.2, 0) is 0 Å². The van der Waals surface area contributed by atoms with Crippen molar-refractivity contribution in [3.8, 4) is 0 Å². The Morgan fingerprint density at radius 1 is 1.18 bits per heavy atom. The Kier molecular flexibility index (Phi) is 3.18. The van der Waals surface area contributed by atoms with Crippen molar-refractivity contribution in [2.45, 2.75) is 70.6 Å². The summed E-state index contributed by atoms with van der Waals surface area (Å²) in [5.41, 5.74) is 8.91. The fourth-order valence-corrected chi connectivity index (χ4v) is 6.03. The van der Waals surface area contributed by atoms with Crippen molar-refractivity contribution in [1.82, 2.24) is 0 Å². The van der Waals surface area contributed by atoms with Gasteiger partial charge in [-0.25, -0.2) is 0 Å². The molecule has 0 aromatic rings. The van der Waals surface area contributed by atoms with Gasteiger partial charge in [0.1, 0.15) is 0 Å². The second-order valence-electron chi connectivity index (χ2n) is 8.58. The van der Waals surface area contributed by atoms with Crippen LogP contribution >= 0.6 is 0 Å². The van der Waals surface area contributed by atoms with E-state index in [-0.39, 0.29) is 29.1 Å². The number of rotatable bonds is 0. The van der Waals surface area contributed by atoms with Gasteiger partial charge in [-0.3, -0.25) is 0 Å². The van der Waals surface area contributed by atoms with Crippen LogP contribution in [0.25, 0.3) is 0 Å². The highest BCUT2D eigenvalue weighted by atomic mass is 16.3. The topological polar surface area (TPSA) is 66.5 Å². The number of allylic oxidation sites excluding steroid dienone is 2. The summed E-state index contributed by atoms with van der Waals surface area (Å²) < 4.78 is 0. The second kappa shape index (κ2) is 4.68. The van der Waals surface area contributed by atoms with Crippen LogP contribution in [0.5, 0.6) is 0 Å². The quantitative estimate of drug-likeness (QED) is 0.602. The highest BCUT2D eigenvalue weighted by molar-refractivity contribution is 5.40. The monoisotopic (exact) mass is 303 g/mol. The summed E-state index contributed by atoms with van der Waals surface area (Å²) in [5.74, 6) is 0.819. The van der Waals surface area contributed by atoms with Gasteiger partial charge in [-0.15, -0.1) is 0 Å². The molecule has 1 fully saturated rings. The van der Waals surface area contributed by atoms with Gasteiger partial charge >= 0.3 is 0 Å². The molecule has 3 heteroatoms. The summed E-state index contributed by atoms with van der Waals surface area (Å²) in [6.45, 7) is 4.57. The predicted octanol–water partition coefficient (Wildman–Crippen LogP) is 2.53. The first-order valence-electron chi connectivity index (χ1n) is 8.91. The molecule has 0 radical (unpaired) electrons. The maximum atomic E-state index is 10.9. The third-order valence-corrected chi connectivity index (χ3v) is 7.54. The molecule has 4 N–H and O–H groups in total. The zero-order valence-corrected chi connectivity index (χ0v) is 13.8. The van der Waals surface area contributed by atoms with E-state index < -0.39 is 0 Å². The Bertz CT molecular complexity index is 554. The van der Waals surface area contributed by atoms with Crippen molar-refractivity contribution in [2.75, 3.05) is 0 Å². The summed E-state index contributed by atoms with van der Waals surface area (Å²) >= 11 is 0. The van der Waals surface area contributed by atoms with Crippen LogP contribution in [0.1, 0.15) is 52.4 Å². The van der Waals surface area contributed by atoms with Gasteiger partial charge in [0.15, 0.2) is 0 Å². The van der Waals surface area contributed by atoms with Crippen molar-refractivity contribution >= 4 is 0 Å². The largest absolute Gasteiger partial charge is 0.393 e. The molecule has 1 unspecified atom stereocenters. The van der Waals surface area contributed by atoms with Crippen molar-refractivity contribution in [1.29, 1.82) is 0 Å². The van der Waals surface area contributed by atoms with E-state index in [1.54, 1.807) is 0 Å². The molecule has 22 heavy (non-hydrogen) atoms. The smallest absolute Gasteiger partial charge is 0.0759 e. The summed E-state index contributed by atoms with van der Waals surface area (Å²) in [5, 5.41) is 21.3. The molecule has 1 saturated carbocycles. The van der Waals surface area contributed by atoms with Gasteiger partial charge in [-0.2, -0.15) is 0 Å². The van der Waals surface area contributed by atoms with Crippen molar-refractivity contribution in [3.05, 3.63) is 23.3 Å². The molecule has 0 saturated heterocycles. The van der Waals surface area contributed by atoms with Crippen LogP contribution in [0.2, 0.25) is 0 Å². The van der Waals surface area contributed by atoms with E-state index in [4.69, 9.17) is 5.73 Å². The van der Waals surface area contributed by atoms with Crippen molar-refractivity contribution < 1.29 is 10.2 Å². The number of hydrogen-bond acceptors (Lipinski definition) is 3. The molecule has 4 aliphatic rings. The van der Waals surface area contributed by atoms with Gasteiger partial charge < -0.3 is 15.9 Å². The molecular formula is C19H29NO2. The summed E-state index contributed by atoms with van der Waals surface area (Å²) in [4.78, 5) is 0. The minimum absolute atomic E-state index is 0.0300. The molecular weight excluding hydrogens is 274 g/mol. The maximum absolute atomic E-state index is 10.9. The lowest BCUT2D eigenvalue weighted by Crippen LogP contribution is -2.49. The Hall–Kier alpha value is -0.640. The van der Waals surface area contributed by atoms with E-state index in [2.05, 4.69) is 26.0 Å². The van der Waals surface area contributed by atoms with Gasteiger partial charge in [-0.05, 0) is 55.9 Å². The van der Waals surface area contributed by atoms with Crippen molar-refractivity contribution in [2.24, 2.45) is 28.4 Å². The van der Waals surface area contributed by atoms with Gasteiger partial charge in [0.05, 0.1) is 12.2 Å². The molecule has 3 nitrogen and oxygen atoms in total. The molecule has 4 rings (SSSR count). The van der Waals surface area contributed by atoms with Crippen LogP contribution in [0, 0.1) is 22.7 Å². The molecule has 0 bridgehead atoms. The fraction of sp³-hybridized carbons (Fsp3) is 0.789. The van der Waals surface area contributed by atoms with Crippen LogP contribution in [-0.4, -0.2) is 28.5 Å². The highest BCUT2D eigenvalue weighted by Gasteiger charge is 2.56. The van der Waals surface area contributed by atoms with Crippen LogP contribution < -0.4 is 5.73 Å². The molecule has 0 aliphatic heterocycles. The van der Waals surface area contributed by atoms with E-state index in [1.807, 2.05) is 0 Å². The van der Waals surface area contributed by atoms with Gasteiger partial charge in [0.2, 0.25) is 0 Å². The second-order valence-corrected chi connectivity index (χ2v) is 8.58. The fourth-order valence-electron chi connectivity index (χ4n) is 6.03. The number of hydrogen-bond donors (Lipinski definition) is 3. The standard InChI is InChI=1S/C19H29NO2/c1-18-7-5-12(20)9-11(18)10-15(21)17-13-3-4-16(22)19(13,2)8-6-14(17)18/h5,7,11-13,15-16,21-22H,3-4,6,8-10,20H2,1-2H3/t11?,12-,13-,15-,16-,18-,19-/m0/s1. The molecule has 0 aromatic carbocycles. The SMILES string of the molecule is C[C@]12CCC3=C([C@@H](O)CC4C[C@@H](N)C=C[C@]34C)[C@@H]1CC[C@@H]2O. The van der Waals surface area contributed by atoms with E-state index in [0.29, 0.717) is 11.8 Å². The predicted molar refractivity (Wildman–Crippen MR) is 87.1 cm³/mol. The zero-order chi connectivity index (χ0) is 15.7. The lowest BCUT2D eigenvalue weighted by Gasteiger charge is -2.53. The average molecular weight is 303 g/mol. The lowest BCUT2D eigenvalue weighted by molar-refractivity contribution is 0.0115. The lowest BCUT2D eigenvalue weighted by atomic mass is 9.52. The number of aliphatic hydroxyl groups excluding tert-OH is 2. The summed E-state index contributed by atoms with van der Waals surface area (Å²) in [6, 6.07) is 0.134. The van der Waals surface area contributed by atoms with Gasteiger partial charge in [0.25, 0.3) is 0 Å². The van der Waals surface area contributed by atoms with Gasteiger partial charge in [0, 0.05) is 16.9 Å². The minimum Gasteiger partial charge on any atom is -0.393 e. The van der Waals surface area contributed by atoms with Crippen LogP contribution in [0.4, 0.5) is 0 Å². The molecule has 0 heterocycles. The highest BCUT2D eigenvalue weighted by Crippen LogP contribution is 2.62. The normalized spacial score (nSPS) is 54.0. The van der Waals surface area contributed by atoms with Gasteiger partial charge in [-0.1, -0.05) is 31.6 Å². The third kappa shape index (κ3) is 1.79. The summed E-state index contributed by atoms with van der Waals surface area (Å²) in [7, 11) is 0. The molecule has 7 atom stereocenters. The Labute approximate surface area is 133 Å². The van der Waals surface area contributed by atoms with E-state index >= 15 is 0 Å². The van der Waals surface area contributed by atoms with E-state index in [1.165, 1.54) is 11.1 Å². The minimum atomic E-state index is -0.332. The Morgan fingerprint density at radius 3 is 2.73 bits per heavy atom. The number of nitrogens with two attached hydrogens (primary N) is 1. The Morgan fingerprint density at radius 2 is 1.95 bits per heavy atom. The molecule has 0 amide bonds. The van der Waals surface area contributed by atoms with Crippen molar-refractivity contribution in [3.63, 3.8) is 0 Å². The van der Waals surface area contributed by atoms with E-state index in [0.717, 1.165) is 38.5 Å². The summed E-state index contributed by atoms with van der Waals surface area (Å²) in [6.07, 6.45) is 9.72. The third-order valence-electron chi connectivity index (χ3n) is 7.54. The Balaban J connectivity index is 1.83. The average Bonchev–Trinajstić information content (AvgIpc) is 2.77. The molecule has 0 aromatic heterocycles.